The molecule has 0 fully saturated rings. The highest BCUT2D eigenvalue weighted by Crippen LogP contribution is 2.34. The van der Waals surface area contributed by atoms with E-state index in [0.29, 0.717) is 22.1 Å². The van der Waals surface area contributed by atoms with Gasteiger partial charge in [-0.1, -0.05) is 18.2 Å². The Kier molecular flexibility index (Phi) is 3.26. The first-order chi connectivity index (χ1) is 13.5. The number of hydrogen-bond donors (Lipinski definition) is 2. The van der Waals surface area contributed by atoms with Crippen LogP contribution in [0.5, 0.6) is 17.4 Å². The second kappa shape index (κ2) is 5.68. The van der Waals surface area contributed by atoms with Gasteiger partial charge in [0, 0.05) is 11.3 Å². The number of carbonyl (C=O) groups excluding carboxylic acids is 1. The number of hydrogen-bond acceptors (Lipinski definition) is 6. The largest absolute Gasteiger partial charge is 0.494 e. The molecule has 9 heteroatoms. The second-order valence-corrected chi connectivity index (χ2v) is 6.14. The molecule has 3 aromatic rings. The van der Waals surface area contributed by atoms with E-state index in [4.69, 9.17) is 9.47 Å². The average molecular weight is 377 g/mol. The van der Waals surface area contributed by atoms with E-state index in [0.717, 1.165) is 4.57 Å². The molecular formula is C19H11N3O6. The molecule has 2 aliphatic heterocycles. The molecule has 0 aliphatic carbocycles. The van der Waals surface area contributed by atoms with Gasteiger partial charge < -0.3 is 14.6 Å². The van der Waals surface area contributed by atoms with Crippen LogP contribution in [-0.2, 0) is 4.79 Å². The average Bonchev–Trinajstić information content (AvgIpc) is 3.25. The Bertz CT molecular complexity index is 1420. The molecule has 0 unspecified atom stereocenters. The van der Waals surface area contributed by atoms with Crippen molar-refractivity contribution in [2.75, 3.05) is 6.79 Å². The topological polar surface area (TPSA) is 123 Å². The number of rotatable bonds is 2. The molecule has 0 spiro atoms. The Morgan fingerprint density at radius 1 is 1.04 bits per heavy atom. The van der Waals surface area contributed by atoms with Crippen LogP contribution in [0.4, 0.5) is 0 Å². The molecular weight excluding hydrogens is 366 g/mol. The summed E-state index contributed by atoms with van der Waals surface area (Å²) in [7, 11) is 0. The molecule has 0 bridgehead atoms. The van der Waals surface area contributed by atoms with Gasteiger partial charge in [-0.05, 0) is 18.2 Å². The van der Waals surface area contributed by atoms with Crippen molar-refractivity contribution >= 4 is 11.5 Å². The second-order valence-electron chi connectivity index (χ2n) is 6.14. The summed E-state index contributed by atoms with van der Waals surface area (Å²) in [6, 6.07) is 11.2. The fourth-order valence-corrected chi connectivity index (χ4v) is 3.32. The van der Waals surface area contributed by atoms with E-state index in [2.05, 4.69) is 9.98 Å². The zero-order valence-electron chi connectivity index (χ0n) is 14.1. The number of para-hydroxylation sites is 1. The first-order valence-electron chi connectivity index (χ1n) is 8.25. The molecule has 138 valence electrons. The minimum Gasteiger partial charge on any atom is -0.494 e. The molecule has 9 nitrogen and oxygen atoms in total. The molecule has 1 amide bonds. The summed E-state index contributed by atoms with van der Waals surface area (Å²) in [6.45, 7) is 0.0429. The van der Waals surface area contributed by atoms with E-state index >= 15 is 0 Å². The summed E-state index contributed by atoms with van der Waals surface area (Å²) in [6.07, 6.45) is 0. The van der Waals surface area contributed by atoms with Crippen molar-refractivity contribution < 1.29 is 19.4 Å². The number of carbonyl (C=O) groups is 1. The lowest BCUT2D eigenvalue weighted by Crippen LogP contribution is -2.33. The van der Waals surface area contributed by atoms with Gasteiger partial charge in [-0.2, -0.15) is 0 Å². The van der Waals surface area contributed by atoms with Crippen LogP contribution >= 0.6 is 0 Å². The fraction of sp³-hybridized carbons (Fsp3) is 0.0526. The van der Waals surface area contributed by atoms with Gasteiger partial charge in [0.15, 0.2) is 11.5 Å². The number of aromatic hydroxyl groups is 1. The van der Waals surface area contributed by atoms with Gasteiger partial charge in [-0.3, -0.25) is 14.6 Å². The monoisotopic (exact) mass is 377 g/mol. The van der Waals surface area contributed by atoms with Crippen LogP contribution in [0, 0.1) is 0 Å². The van der Waals surface area contributed by atoms with Crippen LogP contribution in [0.25, 0.3) is 11.3 Å². The Balaban J connectivity index is 1.83. The Morgan fingerprint density at radius 3 is 2.68 bits per heavy atom. The lowest BCUT2D eigenvalue weighted by Gasteiger charge is -2.12. The Morgan fingerprint density at radius 2 is 1.82 bits per heavy atom. The van der Waals surface area contributed by atoms with Crippen molar-refractivity contribution in [2.24, 2.45) is 4.99 Å². The summed E-state index contributed by atoms with van der Waals surface area (Å²) < 4.78 is 11.4. The molecule has 2 N–H and O–H groups in total. The standard InChI is InChI=1S/C19H11N3O6/c23-16-14(10-3-1-2-4-11(10)20-16)15-17(24)21-19(26)22(18(15)25)9-5-6-12-13(7-9)28-8-27-12/h1-7,25H,8H2,(H,21,24,26). The molecule has 2 aliphatic rings. The van der Waals surface area contributed by atoms with Crippen LogP contribution in [-0.4, -0.2) is 27.4 Å². The van der Waals surface area contributed by atoms with Crippen LogP contribution < -0.4 is 31.3 Å². The molecule has 0 saturated carbocycles. The quantitative estimate of drug-likeness (QED) is 0.610. The van der Waals surface area contributed by atoms with E-state index in [-0.39, 0.29) is 23.6 Å². The third kappa shape index (κ3) is 2.19. The predicted molar refractivity (Wildman–Crippen MR) is 95.2 cm³/mol. The predicted octanol–water partition coefficient (Wildman–Crippen LogP) is -0.681. The van der Waals surface area contributed by atoms with Crippen molar-refractivity contribution in [3.63, 3.8) is 0 Å². The van der Waals surface area contributed by atoms with Crippen LogP contribution in [0.15, 0.2) is 57.0 Å². The number of benzene rings is 2. The Labute approximate surface area is 155 Å². The maximum Gasteiger partial charge on any atom is 0.335 e. The Hall–Kier alpha value is -4.14. The number of nitrogens with zero attached hydrogens (tertiary/aromatic N) is 2. The van der Waals surface area contributed by atoms with Crippen LogP contribution in [0.3, 0.4) is 0 Å². The summed E-state index contributed by atoms with van der Waals surface area (Å²) in [4.78, 5) is 43.4. The molecule has 5 rings (SSSR count). The highest BCUT2D eigenvalue weighted by Gasteiger charge is 2.27. The van der Waals surface area contributed by atoms with Gasteiger partial charge in [0.05, 0.1) is 16.6 Å². The van der Waals surface area contributed by atoms with Crippen molar-refractivity contribution in [1.82, 2.24) is 9.55 Å². The van der Waals surface area contributed by atoms with Crippen molar-refractivity contribution in [3.8, 4) is 23.1 Å². The normalized spacial score (nSPS) is 14.1. The van der Waals surface area contributed by atoms with Crippen molar-refractivity contribution in [2.45, 2.75) is 0 Å². The number of ether oxygens (including phenoxy) is 2. The molecule has 1 aromatic heterocycles. The lowest BCUT2D eigenvalue weighted by molar-refractivity contribution is -0.112. The van der Waals surface area contributed by atoms with E-state index in [9.17, 15) is 19.5 Å². The van der Waals surface area contributed by atoms with E-state index in [1.807, 2.05) is 0 Å². The maximum absolute atomic E-state index is 12.5. The summed E-state index contributed by atoms with van der Waals surface area (Å²) in [5, 5.41) is 11.6. The van der Waals surface area contributed by atoms with E-state index in [1.54, 1.807) is 30.3 Å². The first kappa shape index (κ1) is 16.1. The van der Waals surface area contributed by atoms with Gasteiger partial charge in [0.2, 0.25) is 12.7 Å². The van der Waals surface area contributed by atoms with Gasteiger partial charge in [0.25, 0.3) is 11.5 Å². The third-order valence-corrected chi connectivity index (χ3v) is 4.56. The van der Waals surface area contributed by atoms with E-state index in [1.165, 1.54) is 12.1 Å². The molecule has 28 heavy (non-hydrogen) atoms. The first-order valence-corrected chi connectivity index (χ1v) is 8.25. The lowest BCUT2D eigenvalue weighted by atomic mass is 10.1. The van der Waals surface area contributed by atoms with Gasteiger partial charge >= 0.3 is 5.69 Å². The van der Waals surface area contributed by atoms with Gasteiger partial charge in [0.1, 0.15) is 5.56 Å². The smallest absolute Gasteiger partial charge is 0.335 e. The molecule has 3 heterocycles. The minimum atomic E-state index is -0.880. The summed E-state index contributed by atoms with van der Waals surface area (Å²) in [5.74, 6) is -0.448. The van der Waals surface area contributed by atoms with Gasteiger partial charge in [-0.25, -0.2) is 14.4 Å². The molecule has 0 saturated heterocycles. The number of fused-ring (bicyclic) bond motifs is 2. The number of H-pyrrole nitrogens is 1. The third-order valence-electron chi connectivity index (χ3n) is 4.56. The molecule has 0 atom stereocenters. The SMILES string of the molecule is O=C1N=c2ccccc2=C1c1c(O)n(-c2ccc3c(c2)OCO3)c(=O)[nH]c1=O. The van der Waals surface area contributed by atoms with Crippen LogP contribution in [0.1, 0.15) is 5.56 Å². The van der Waals surface area contributed by atoms with Gasteiger partial charge in [-0.15, -0.1) is 0 Å². The summed E-state index contributed by atoms with van der Waals surface area (Å²) >= 11 is 0. The fourth-order valence-electron chi connectivity index (χ4n) is 3.32. The minimum absolute atomic E-state index is 0.0429. The van der Waals surface area contributed by atoms with E-state index < -0.39 is 23.0 Å². The zero-order chi connectivity index (χ0) is 19.4. The summed E-state index contributed by atoms with van der Waals surface area (Å²) in [5.41, 5.74) is -1.89. The molecule has 2 aromatic carbocycles. The zero-order valence-corrected chi connectivity index (χ0v) is 14.1. The number of aromatic amines is 1. The molecule has 0 radical (unpaired) electrons. The van der Waals surface area contributed by atoms with Crippen LogP contribution in [0.2, 0.25) is 0 Å². The number of amides is 1. The highest BCUT2D eigenvalue weighted by molar-refractivity contribution is 6.21. The van der Waals surface area contributed by atoms with Crippen molar-refractivity contribution in [1.29, 1.82) is 0 Å². The number of nitrogens with one attached hydrogen (secondary N) is 1. The number of aromatic nitrogens is 2. The highest BCUT2D eigenvalue weighted by atomic mass is 16.7. The maximum atomic E-state index is 12.5. The van der Waals surface area contributed by atoms with Crippen molar-refractivity contribution in [3.05, 3.63) is 79.4 Å².